The Labute approximate surface area is 108 Å². The second-order valence-electron chi connectivity index (χ2n) is 3.98. The fourth-order valence-corrected chi connectivity index (χ4v) is 1.34. The molecule has 0 unspecified atom stereocenters. The Hall–Kier alpha value is -1.99. The van der Waals surface area contributed by atoms with Crippen molar-refractivity contribution >= 4 is 17.4 Å². The summed E-state index contributed by atoms with van der Waals surface area (Å²) >= 11 is 0. The molecule has 4 N–H and O–H groups in total. The minimum absolute atomic E-state index is 0.0723. The van der Waals surface area contributed by atoms with Gasteiger partial charge in [0.2, 0.25) is 0 Å². The number of aromatic nitrogens is 1. The first-order valence-electron chi connectivity index (χ1n) is 5.61. The molecule has 106 valence electrons. The van der Waals surface area contributed by atoms with Gasteiger partial charge in [0.15, 0.2) is 0 Å². The molecule has 1 amide bonds. The highest BCUT2D eigenvalue weighted by Crippen LogP contribution is 2.15. The van der Waals surface area contributed by atoms with Gasteiger partial charge in [0.25, 0.3) is 0 Å². The Morgan fingerprint density at radius 2 is 2.11 bits per heavy atom. The normalized spacial score (nSPS) is 11.2. The molecule has 0 saturated heterocycles. The number of nitrogens with zero attached hydrogens (tertiary/aromatic N) is 1. The maximum Gasteiger partial charge on any atom is 0.471 e. The molecule has 8 heteroatoms. The van der Waals surface area contributed by atoms with Crippen LogP contribution in [0.1, 0.15) is 12.0 Å². The van der Waals surface area contributed by atoms with E-state index >= 15 is 0 Å². The van der Waals surface area contributed by atoms with Gasteiger partial charge in [-0.15, -0.1) is 0 Å². The van der Waals surface area contributed by atoms with Crippen molar-refractivity contribution in [2.45, 2.75) is 19.5 Å². The second-order valence-corrected chi connectivity index (χ2v) is 3.98. The molecule has 5 nitrogen and oxygen atoms in total. The predicted octanol–water partition coefficient (Wildman–Crippen LogP) is 1.45. The predicted molar refractivity (Wildman–Crippen MR) is 65.6 cm³/mol. The minimum atomic E-state index is -4.84. The lowest BCUT2D eigenvalue weighted by molar-refractivity contribution is -0.173. The number of aryl methyl sites for hydroxylation is 1. The molecular formula is C11H15F3N4O. The summed E-state index contributed by atoms with van der Waals surface area (Å²) in [6.45, 7) is 2.13. The SMILES string of the molecule is Cc1cnc(NCCCNC(=O)C(F)(F)F)c(N)c1. The van der Waals surface area contributed by atoms with Crippen molar-refractivity contribution < 1.29 is 18.0 Å². The summed E-state index contributed by atoms with van der Waals surface area (Å²) in [5.41, 5.74) is 7.09. The number of alkyl halides is 3. The van der Waals surface area contributed by atoms with E-state index in [1.807, 2.05) is 6.92 Å². The number of nitrogens with two attached hydrogens (primary N) is 1. The molecule has 1 aromatic heterocycles. The van der Waals surface area contributed by atoms with E-state index < -0.39 is 12.1 Å². The van der Waals surface area contributed by atoms with E-state index in [0.29, 0.717) is 24.5 Å². The van der Waals surface area contributed by atoms with Gasteiger partial charge in [0.1, 0.15) is 5.82 Å². The number of pyridine rings is 1. The van der Waals surface area contributed by atoms with Crippen molar-refractivity contribution in [3.8, 4) is 0 Å². The van der Waals surface area contributed by atoms with Crippen molar-refractivity contribution in [2.75, 3.05) is 24.1 Å². The van der Waals surface area contributed by atoms with Crippen LogP contribution < -0.4 is 16.4 Å². The van der Waals surface area contributed by atoms with E-state index in [-0.39, 0.29) is 6.54 Å². The summed E-state index contributed by atoms with van der Waals surface area (Å²) < 4.78 is 35.6. The quantitative estimate of drug-likeness (QED) is 0.711. The largest absolute Gasteiger partial charge is 0.471 e. The Kier molecular flexibility index (Phi) is 4.96. The van der Waals surface area contributed by atoms with Crippen LogP contribution >= 0.6 is 0 Å². The zero-order valence-corrected chi connectivity index (χ0v) is 10.3. The third kappa shape index (κ3) is 5.02. The summed E-state index contributed by atoms with van der Waals surface area (Å²) in [7, 11) is 0. The van der Waals surface area contributed by atoms with Crippen LogP contribution in [0, 0.1) is 6.92 Å². The number of hydrogen-bond donors (Lipinski definition) is 3. The standard InChI is InChI=1S/C11H15F3N4O/c1-7-5-8(15)9(18-6-7)16-3-2-4-17-10(19)11(12,13)14/h5-6H,2-4,15H2,1H3,(H,16,18)(H,17,19). The maximum absolute atomic E-state index is 11.9. The number of rotatable bonds is 5. The number of halogens is 3. The summed E-state index contributed by atoms with van der Waals surface area (Å²) in [5, 5.41) is 4.66. The van der Waals surface area contributed by atoms with Gasteiger partial charge in [0, 0.05) is 19.3 Å². The number of carbonyl (C=O) groups excluding carboxylic acids is 1. The van der Waals surface area contributed by atoms with Crippen LogP contribution in [0.5, 0.6) is 0 Å². The smallest absolute Gasteiger partial charge is 0.396 e. The lowest BCUT2D eigenvalue weighted by atomic mass is 10.3. The van der Waals surface area contributed by atoms with Crippen molar-refractivity contribution in [3.63, 3.8) is 0 Å². The van der Waals surface area contributed by atoms with Crippen molar-refractivity contribution in [1.82, 2.24) is 10.3 Å². The molecule has 0 spiro atoms. The third-order valence-corrected chi connectivity index (χ3v) is 2.24. The average molecular weight is 276 g/mol. The molecule has 1 heterocycles. The van der Waals surface area contributed by atoms with Crippen LogP contribution in [0.3, 0.4) is 0 Å². The molecule has 0 aliphatic carbocycles. The van der Waals surface area contributed by atoms with Crippen LogP contribution in [0.4, 0.5) is 24.7 Å². The van der Waals surface area contributed by atoms with Crippen molar-refractivity contribution in [3.05, 3.63) is 17.8 Å². The Morgan fingerprint density at radius 1 is 1.42 bits per heavy atom. The van der Waals surface area contributed by atoms with Crippen LogP contribution in [-0.2, 0) is 4.79 Å². The highest BCUT2D eigenvalue weighted by atomic mass is 19.4. The average Bonchev–Trinajstić information content (AvgIpc) is 2.29. The van der Waals surface area contributed by atoms with E-state index in [1.54, 1.807) is 17.6 Å². The number of anilines is 2. The monoisotopic (exact) mass is 276 g/mol. The number of hydrogen-bond acceptors (Lipinski definition) is 4. The van der Waals surface area contributed by atoms with Gasteiger partial charge in [-0.05, 0) is 25.0 Å². The van der Waals surface area contributed by atoms with Gasteiger partial charge in [-0.2, -0.15) is 13.2 Å². The lowest BCUT2D eigenvalue weighted by Crippen LogP contribution is -2.37. The molecule has 0 saturated carbocycles. The van der Waals surface area contributed by atoms with Crippen LogP contribution in [0.15, 0.2) is 12.3 Å². The molecule has 0 bridgehead atoms. The topological polar surface area (TPSA) is 80.0 Å². The highest BCUT2D eigenvalue weighted by molar-refractivity contribution is 5.81. The first kappa shape index (κ1) is 15.1. The van der Waals surface area contributed by atoms with Gasteiger partial charge in [0.05, 0.1) is 5.69 Å². The summed E-state index contributed by atoms with van der Waals surface area (Å²) in [6, 6.07) is 1.74. The van der Waals surface area contributed by atoms with Crippen LogP contribution in [-0.4, -0.2) is 30.2 Å². The Bertz CT molecular complexity index is 448. The Balaban J connectivity index is 2.26. The van der Waals surface area contributed by atoms with E-state index in [2.05, 4.69) is 10.3 Å². The van der Waals surface area contributed by atoms with Gasteiger partial charge in [-0.1, -0.05) is 0 Å². The molecule has 0 aromatic carbocycles. The number of nitrogen functional groups attached to an aromatic ring is 1. The highest BCUT2D eigenvalue weighted by Gasteiger charge is 2.38. The molecule has 0 aliphatic rings. The molecule has 1 aromatic rings. The van der Waals surface area contributed by atoms with E-state index in [0.717, 1.165) is 5.56 Å². The Morgan fingerprint density at radius 3 is 2.68 bits per heavy atom. The van der Waals surface area contributed by atoms with Gasteiger partial charge in [-0.3, -0.25) is 4.79 Å². The lowest BCUT2D eigenvalue weighted by Gasteiger charge is -2.10. The second kappa shape index (κ2) is 6.26. The fourth-order valence-electron chi connectivity index (χ4n) is 1.34. The van der Waals surface area contributed by atoms with Crippen LogP contribution in [0.25, 0.3) is 0 Å². The summed E-state index contributed by atoms with van der Waals surface area (Å²) in [6.07, 6.45) is -2.88. The number of nitrogens with one attached hydrogen (secondary N) is 2. The maximum atomic E-state index is 11.9. The van der Waals surface area contributed by atoms with E-state index in [9.17, 15) is 18.0 Å². The van der Waals surface area contributed by atoms with Gasteiger partial charge < -0.3 is 16.4 Å². The number of carbonyl (C=O) groups is 1. The third-order valence-electron chi connectivity index (χ3n) is 2.24. The number of amides is 1. The summed E-state index contributed by atoms with van der Waals surface area (Å²) in [4.78, 5) is 14.5. The molecular weight excluding hydrogens is 261 g/mol. The zero-order chi connectivity index (χ0) is 14.5. The van der Waals surface area contributed by atoms with Crippen molar-refractivity contribution in [2.24, 2.45) is 0 Å². The van der Waals surface area contributed by atoms with Crippen molar-refractivity contribution in [1.29, 1.82) is 0 Å². The molecule has 0 atom stereocenters. The minimum Gasteiger partial charge on any atom is -0.396 e. The van der Waals surface area contributed by atoms with Gasteiger partial charge in [-0.25, -0.2) is 4.98 Å². The van der Waals surface area contributed by atoms with Crippen LogP contribution in [0.2, 0.25) is 0 Å². The molecule has 1 rings (SSSR count). The molecule has 0 aliphatic heterocycles. The molecule has 19 heavy (non-hydrogen) atoms. The first-order valence-corrected chi connectivity index (χ1v) is 5.61. The van der Waals surface area contributed by atoms with E-state index in [4.69, 9.17) is 5.73 Å². The zero-order valence-electron chi connectivity index (χ0n) is 10.3. The van der Waals surface area contributed by atoms with Gasteiger partial charge >= 0.3 is 12.1 Å². The molecule has 0 radical (unpaired) electrons. The summed E-state index contributed by atoms with van der Waals surface area (Å²) in [5.74, 6) is -1.45. The fraction of sp³-hybridized carbons (Fsp3) is 0.455. The molecule has 0 fully saturated rings. The van der Waals surface area contributed by atoms with E-state index in [1.165, 1.54) is 0 Å². The first-order chi connectivity index (χ1) is 8.80.